The smallest absolute Gasteiger partial charge is 0.337 e. The van der Waals surface area contributed by atoms with E-state index in [1.165, 1.54) is 0 Å². The third-order valence-electron chi connectivity index (χ3n) is 3.19. The number of ether oxygens (including phenoxy) is 1. The molecule has 1 heterocycles. The zero-order valence-electron chi connectivity index (χ0n) is 11.6. The lowest BCUT2D eigenvalue weighted by molar-refractivity contribution is 0.0696. The topological polar surface area (TPSA) is 54.7 Å². The standard InChI is InChI=1S/C13H22N2O3/c1-10-9-12(13(16)17)11(2)15(10)6-5-14(3)7-8-18-4/h9H,5-8H2,1-4H3,(H,16,17). The number of hydrogen-bond donors (Lipinski definition) is 1. The molecule has 1 aromatic rings. The van der Waals surface area contributed by atoms with E-state index in [2.05, 4.69) is 4.90 Å². The highest BCUT2D eigenvalue weighted by Crippen LogP contribution is 2.14. The maximum absolute atomic E-state index is 11.0. The van der Waals surface area contributed by atoms with Crippen molar-refractivity contribution in [2.45, 2.75) is 20.4 Å². The van der Waals surface area contributed by atoms with Gasteiger partial charge in [0.15, 0.2) is 0 Å². The van der Waals surface area contributed by atoms with Crippen LogP contribution in [0.4, 0.5) is 0 Å². The van der Waals surface area contributed by atoms with Gasteiger partial charge in [0.05, 0.1) is 12.2 Å². The second kappa shape index (κ2) is 6.56. The van der Waals surface area contributed by atoms with Gasteiger partial charge in [0, 0.05) is 38.1 Å². The molecule has 0 atom stereocenters. The predicted octanol–water partition coefficient (Wildman–Crippen LogP) is 1.38. The average Bonchev–Trinajstić information content (AvgIpc) is 2.60. The molecule has 102 valence electrons. The average molecular weight is 254 g/mol. The fourth-order valence-corrected chi connectivity index (χ4v) is 1.99. The molecule has 5 heteroatoms. The Morgan fingerprint density at radius 1 is 1.44 bits per heavy atom. The summed E-state index contributed by atoms with van der Waals surface area (Å²) in [5, 5.41) is 9.06. The molecule has 0 amide bonds. The van der Waals surface area contributed by atoms with E-state index in [4.69, 9.17) is 9.84 Å². The summed E-state index contributed by atoms with van der Waals surface area (Å²) in [6.07, 6.45) is 0. The molecule has 0 aliphatic carbocycles. The first-order valence-corrected chi connectivity index (χ1v) is 6.05. The molecule has 1 aromatic heterocycles. The normalized spacial score (nSPS) is 11.2. The van der Waals surface area contributed by atoms with Crippen LogP contribution in [0.1, 0.15) is 21.7 Å². The first-order chi connectivity index (χ1) is 8.47. The molecule has 0 bridgehead atoms. The van der Waals surface area contributed by atoms with Crippen molar-refractivity contribution in [3.8, 4) is 0 Å². The first-order valence-electron chi connectivity index (χ1n) is 6.05. The van der Waals surface area contributed by atoms with E-state index in [1.54, 1.807) is 13.2 Å². The monoisotopic (exact) mass is 254 g/mol. The Morgan fingerprint density at radius 3 is 2.61 bits per heavy atom. The highest BCUT2D eigenvalue weighted by Gasteiger charge is 2.14. The Bertz CT molecular complexity index is 413. The Balaban J connectivity index is 2.65. The lowest BCUT2D eigenvalue weighted by Crippen LogP contribution is -2.27. The molecule has 0 unspecified atom stereocenters. The van der Waals surface area contributed by atoms with E-state index < -0.39 is 5.97 Å². The van der Waals surface area contributed by atoms with Gasteiger partial charge in [-0.25, -0.2) is 4.79 Å². The van der Waals surface area contributed by atoms with Crippen LogP contribution in [0.2, 0.25) is 0 Å². The van der Waals surface area contributed by atoms with Crippen molar-refractivity contribution in [1.29, 1.82) is 0 Å². The highest BCUT2D eigenvalue weighted by molar-refractivity contribution is 5.89. The van der Waals surface area contributed by atoms with E-state index >= 15 is 0 Å². The molecule has 0 saturated carbocycles. The number of rotatable bonds is 7. The number of carboxylic acid groups (broad SMARTS) is 1. The highest BCUT2D eigenvalue weighted by atomic mass is 16.5. The van der Waals surface area contributed by atoms with Crippen molar-refractivity contribution >= 4 is 5.97 Å². The fourth-order valence-electron chi connectivity index (χ4n) is 1.99. The summed E-state index contributed by atoms with van der Waals surface area (Å²) in [5.41, 5.74) is 2.21. The molecular formula is C13H22N2O3. The molecule has 0 aromatic carbocycles. The Kier molecular flexibility index (Phi) is 5.37. The van der Waals surface area contributed by atoms with Gasteiger partial charge >= 0.3 is 5.97 Å². The Hall–Kier alpha value is -1.33. The summed E-state index contributed by atoms with van der Waals surface area (Å²) < 4.78 is 7.07. The van der Waals surface area contributed by atoms with Crippen LogP contribution >= 0.6 is 0 Å². The van der Waals surface area contributed by atoms with Crippen LogP contribution in [-0.2, 0) is 11.3 Å². The molecule has 0 saturated heterocycles. The van der Waals surface area contributed by atoms with Crippen molar-refractivity contribution in [2.24, 2.45) is 0 Å². The molecule has 0 spiro atoms. The molecule has 1 N–H and O–H groups in total. The van der Waals surface area contributed by atoms with E-state index in [-0.39, 0.29) is 0 Å². The third-order valence-corrected chi connectivity index (χ3v) is 3.19. The number of carbonyl (C=O) groups is 1. The molecule has 18 heavy (non-hydrogen) atoms. The lowest BCUT2D eigenvalue weighted by atomic mass is 10.2. The van der Waals surface area contributed by atoms with Crippen molar-refractivity contribution in [1.82, 2.24) is 9.47 Å². The van der Waals surface area contributed by atoms with Gasteiger partial charge in [-0.05, 0) is 27.0 Å². The van der Waals surface area contributed by atoms with E-state index in [0.717, 1.165) is 31.0 Å². The van der Waals surface area contributed by atoms with Crippen LogP contribution in [0.3, 0.4) is 0 Å². The summed E-state index contributed by atoms with van der Waals surface area (Å²) in [6, 6.07) is 1.73. The first kappa shape index (κ1) is 14.7. The number of hydrogen-bond acceptors (Lipinski definition) is 3. The summed E-state index contributed by atoms with van der Waals surface area (Å²) >= 11 is 0. The van der Waals surface area contributed by atoms with Crippen molar-refractivity contribution < 1.29 is 14.6 Å². The number of likely N-dealkylation sites (N-methyl/N-ethyl adjacent to an activating group) is 1. The summed E-state index contributed by atoms with van der Waals surface area (Å²) in [7, 11) is 3.72. The van der Waals surface area contributed by atoms with Gasteiger partial charge in [-0.1, -0.05) is 0 Å². The number of carboxylic acids is 1. The SMILES string of the molecule is COCCN(C)CCn1c(C)cc(C(=O)O)c1C. The second-order valence-electron chi connectivity index (χ2n) is 4.54. The van der Waals surface area contributed by atoms with Crippen LogP contribution in [0.5, 0.6) is 0 Å². The summed E-state index contributed by atoms with van der Waals surface area (Å²) in [6.45, 7) is 7.05. The molecule has 1 rings (SSSR count). The largest absolute Gasteiger partial charge is 0.478 e. The Morgan fingerprint density at radius 2 is 2.11 bits per heavy atom. The summed E-state index contributed by atoms with van der Waals surface area (Å²) in [5.74, 6) is -0.859. The number of aromatic nitrogens is 1. The fraction of sp³-hybridized carbons (Fsp3) is 0.615. The van der Waals surface area contributed by atoms with Gasteiger partial charge in [-0.3, -0.25) is 0 Å². The molecule has 0 fully saturated rings. The lowest BCUT2D eigenvalue weighted by Gasteiger charge is -2.18. The van der Waals surface area contributed by atoms with Gasteiger partial charge < -0.3 is 19.3 Å². The van der Waals surface area contributed by atoms with Crippen LogP contribution < -0.4 is 0 Å². The van der Waals surface area contributed by atoms with E-state index in [9.17, 15) is 4.79 Å². The van der Waals surface area contributed by atoms with E-state index in [0.29, 0.717) is 12.2 Å². The van der Waals surface area contributed by atoms with Gasteiger partial charge in [0.2, 0.25) is 0 Å². The maximum Gasteiger partial charge on any atom is 0.337 e. The minimum absolute atomic E-state index is 0.395. The number of aromatic carboxylic acids is 1. The van der Waals surface area contributed by atoms with Crippen LogP contribution in [0.15, 0.2) is 6.07 Å². The molecule has 0 aliphatic rings. The second-order valence-corrected chi connectivity index (χ2v) is 4.54. The number of nitrogens with zero attached hydrogens (tertiary/aromatic N) is 2. The third kappa shape index (κ3) is 3.58. The summed E-state index contributed by atoms with van der Waals surface area (Å²) in [4.78, 5) is 13.2. The van der Waals surface area contributed by atoms with Crippen molar-refractivity contribution in [2.75, 3.05) is 33.9 Å². The van der Waals surface area contributed by atoms with Crippen LogP contribution in [0.25, 0.3) is 0 Å². The predicted molar refractivity (Wildman–Crippen MR) is 70.2 cm³/mol. The Labute approximate surface area is 108 Å². The molecular weight excluding hydrogens is 232 g/mol. The zero-order valence-corrected chi connectivity index (χ0v) is 11.6. The van der Waals surface area contributed by atoms with Crippen molar-refractivity contribution in [3.63, 3.8) is 0 Å². The maximum atomic E-state index is 11.0. The molecule has 0 aliphatic heterocycles. The van der Waals surface area contributed by atoms with E-state index in [1.807, 2.05) is 25.5 Å². The van der Waals surface area contributed by atoms with Crippen molar-refractivity contribution in [3.05, 3.63) is 23.0 Å². The number of aryl methyl sites for hydroxylation is 1. The van der Waals surface area contributed by atoms with Gasteiger partial charge in [-0.15, -0.1) is 0 Å². The quantitative estimate of drug-likeness (QED) is 0.798. The molecule has 0 radical (unpaired) electrons. The molecule has 5 nitrogen and oxygen atoms in total. The minimum atomic E-state index is -0.859. The van der Waals surface area contributed by atoms with Gasteiger partial charge in [-0.2, -0.15) is 0 Å². The van der Waals surface area contributed by atoms with Crippen LogP contribution in [-0.4, -0.2) is 54.4 Å². The minimum Gasteiger partial charge on any atom is -0.478 e. The number of methoxy groups -OCH3 is 1. The van der Waals surface area contributed by atoms with Crippen LogP contribution in [0, 0.1) is 13.8 Å². The van der Waals surface area contributed by atoms with Gasteiger partial charge in [0.25, 0.3) is 0 Å². The van der Waals surface area contributed by atoms with Gasteiger partial charge in [0.1, 0.15) is 0 Å². The zero-order chi connectivity index (χ0) is 13.7.